The number of hydrogen-bond donors (Lipinski definition) is 5. The van der Waals surface area contributed by atoms with E-state index in [1.165, 1.54) is 62.5 Å². The zero-order valence-corrected chi connectivity index (χ0v) is 45.6. The summed E-state index contributed by atoms with van der Waals surface area (Å²) in [6.45, 7) is 4.14. The average molecular weight is 1130 g/mol. The highest BCUT2D eigenvalue weighted by molar-refractivity contribution is 5.87. The van der Waals surface area contributed by atoms with Gasteiger partial charge in [-0.1, -0.05) is 6.07 Å². The van der Waals surface area contributed by atoms with Crippen LogP contribution in [0.25, 0.3) is 22.1 Å². The van der Waals surface area contributed by atoms with Gasteiger partial charge in [-0.25, -0.2) is 41.1 Å². The summed E-state index contributed by atoms with van der Waals surface area (Å²) < 4.78 is 118. The number of likely N-dealkylation sites (tertiary alicyclic amines) is 2. The van der Waals surface area contributed by atoms with Crippen molar-refractivity contribution >= 4 is 57.0 Å². The van der Waals surface area contributed by atoms with Gasteiger partial charge in [0.1, 0.15) is 58.4 Å². The largest absolute Gasteiger partial charge is 0.453 e. The quantitative estimate of drug-likeness (QED) is 0.0439. The van der Waals surface area contributed by atoms with Gasteiger partial charge in [-0.3, -0.25) is 14.9 Å². The molecule has 9 atom stereocenters. The number of carbonyl (C=O) groups excluding carboxylic acids is 3. The number of fused-ring (bicyclic) bond motifs is 2. The van der Waals surface area contributed by atoms with E-state index in [-0.39, 0.29) is 73.1 Å². The molecule has 434 valence electrons. The molecule has 19 nitrogen and oxygen atoms in total. The normalized spacial score (nSPS) is 21.5. The number of carbonyl (C=O) groups is 3. The highest BCUT2D eigenvalue weighted by atomic mass is 19.2. The van der Waals surface area contributed by atoms with E-state index in [9.17, 15) is 28.3 Å². The lowest BCUT2D eigenvalue weighted by Crippen LogP contribution is -2.55. The van der Waals surface area contributed by atoms with Crippen LogP contribution in [0.5, 0.6) is 0 Å². The number of alkyl carbamates (subject to hydrolysis) is 1. The minimum Gasteiger partial charge on any atom is -0.453 e. The van der Waals surface area contributed by atoms with Crippen molar-refractivity contribution in [1.29, 1.82) is 0 Å². The summed E-state index contributed by atoms with van der Waals surface area (Å²) in [6.07, 6.45) is -1.09. The molecule has 10 rings (SSSR count). The van der Waals surface area contributed by atoms with Crippen LogP contribution in [0.4, 0.5) is 48.2 Å². The summed E-state index contributed by atoms with van der Waals surface area (Å²) in [5.41, 5.74) is 0.865. The molecular weight excluding hydrogens is 1070 g/mol. The van der Waals surface area contributed by atoms with Gasteiger partial charge in [0.25, 0.3) is 0 Å². The molecule has 3 amide bonds. The van der Waals surface area contributed by atoms with Gasteiger partial charge in [0.05, 0.1) is 65.6 Å². The Labute approximate surface area is 462 Å². The van der Waals surface area contributed by atoms with E-state index in [4.69, 9.17) is 28.9 Å². The number of aliphatic hydroxyl groups is 1. The first-order valence-corrected chi connectivity index (χ1v) is 27.0. The van der Waals surface area contributed by atoms with Crippen molar-refractivity contribution in [1.82, 2.24) is 40.4 Å². The SMILES string of the molecule is COC(=O)N[C@H](C(=O)N1CCC[C@H]1c1nc2cc([C@@H]3CC[C@@H](c4cc5nc(C6CCCN6C(=O)[C@@H](NC(O)OC)[C@@H](C)OC)[nH]c5cc4F)N3c3cc(F)c(N4CCN(c5c(F)cccc5F)CC4)c(F)c3)c(F)cc2[nH]1)[C@@H](C)OC. The molecule has 0 spiro atoms. The van der Waals surface area contributed by atoms with Gasteiger partial charge in [-0.05, 0) is 101 Å². The fourth-order valence-corrected chi connectivity index (χ4v) is 12.1. The van der Waals surface area contributed by atoms with Crippen LogP contribution < -0.4 is 25.3 Å². The number of aromatic nitrogens is 4. The topological polar surface area (TPSA) is 206 Å². The molecule has 2 unspecified atom stereocenters. The number of ether oxygens (including phenoxy) is 4. The highest BCUT2D eigenvalue weighted by Crippen LogP contribution is 2.50. The number of anilines is 3. The van der Waals surface area contributed by atoms with Crippen LogP contribution in [0.2, 0.25) is 0 Å². The Bertz CT molecular complexity index is 3260. The summed E-state index contributed by atoms with van der Waals surface area (Å²) in [5.74, 6) is -4.91. The van der Waals surface area contributed by atoms with Crippen molar-refractivity contribution in [3.8, 4) is 0 Å². The molecule has 6 aromatic rings. The fraction of sp³-hybridized carbons (Fsp3) is 0.482. The van der Waals surface area contributed by atoms with Crippen LogP contribution >= 0.6 is 0 Å². The standard InChI is InChI=1S/C56H65F6N11O8/c1-28(78-3)47(67-55(76)80-5)53(74)71-16-8-12-45(71)51-63-39-24-31(35(59)26-41(39)65-51)43-14-15-44(73(43)30-22-37(61)50(38(62)23-30)70-20-18-69(19-21-70)49-33(57)10-7-11-34(49)58)32-25-40-42(27-36(32)60)66-52(64-40)46-13-9-17-72(46)54(75)48(29(2)79-4)68-56(77)81-6/h7,10-11,22-29,43-48,55,67,76H,8-9,12-21H2,1-6H3,(H,63,65)(H,64,66)(H,68,77)/t28-,29-,43+,44+,45?,46+,47+,48+,55?/m1/s1. The van der Waals surface area contributed by atoms with Gasteiger partial charge in [0, 0.05) is 77.4 Å². The molecule has 5 N–H and O–H groups in total. The van der Waals surface area contributed by atoms with Gasteiger partial charge in [0.2, 0.25) is 18.2 Å². The third-order valence-electron chi connectivity index (χ3n) is 16.4. The van der Waals surface area contributed by atoms with Crippen molar-refractivity contribution in [2.45, 2.75) is 107 Å². The number of rotatable bonds is 17. The monoisotopic (exact) mass is 1130 g/mol. The molecule has 6 heterocycles. The predicted molar refractivity (Wildman–Crippen MR) is 286 cm³/mol. The van der Waals surface area contributed by atoms with Gasteiger partial charge < -0.3 is 63.8 Å². The number of amides is 3. The van der Waals surface area contributed by atoms with Crippen molar-refractivity contribution in [2.75, 3.05) is 82.4 Å². The van der Waals surface area contributed by atoms with Gasteiger partial charge in [0.15, 0.2) is 11.6 Å². The molecule has 4 saturated heterocycles. The maximum absolute atomic E-state index is 17.0. The molecule has 25 heteroatoms. The number of nitrogens with zero attached hydrogens (tertiary/aromatic N) is 7. The molecule has 2 aromatic heterocycles. The predicted octanol–water partition coefficient (Wildman–Crippen LogP) is 7.69. The van der Waals surface area contributed by atoms with Crippen LogP contribution in [0, 0.1) is 34.9 Å². The fourth-order valence-electron chi connectivity index (χ4n) is 12.1. The van der Waals surface area contributed by atoms with E-state index in [0.717, 1.165) is 24.3 Å². The summed E-state index contributed by atoms with van der Waals surface area (Å²) in [5, 5.41) is 15.6. The first kappa shape index (κ1) is 57.1. The molecule has 0 bridgehead atoms. The number of imidazole rings is 2. The van der Waals surface area contributed by atoms with Crippen molar-refractivity contribution < 1.29 is 64.8 Å². The van der Waals surface area contributed by atoms with Gasteiger partial charge in [-0.15, -0.1) is 0 Å². The summed E-state index contributed by atoms with van der Waals surface area (Å²) in [7, 11) is 5.31. The highest BCUT2D eigenvalue weighted by Gasteiger charge is 2.43. The van der Waals surface area contributed by atoms with E-state index >= 15 is 17.6 Å². The second-order valence-electron chi connectivity index (χ2n) is 21.0. The first-order valence-electron chi connectivity index (χ1n) is 27.0. The first-order chi connectivity index (χ1) is 38.9. The van der Waals surface area contributed by atoms with Crippen LogP contribution in [0.3, 0.4) is 0 Å². The number of methoxy groups -OCH3 is 4. The number of benzene rings is 4. The van der Waals surface area contributed by atoms with E-state index in [1.807, 2.05) is 0 Å². The van der Waals surface area contributed by atoms with E-state index in [2.05, 4.69) is 20.6 Å². The maximum atomic E-state index is 17.0. The molecule has 0 aliphatic carbocycles. The van der Waals surface area contributed by atoms with Gasteiger partial charge >= 0.3 is 6.09 Å². The summed E-state index contributed by atoms with van der Waals surface area (Å²) in [6, 6.07) is 6.25. The van der Waals surface area contributed by atoms with E-state index < -0.39 is 102 Å². The van der Waals surface area contributed by atoms with E-state index in [0.29, 0.717) is 72.5 Å². The number of aromatic amines is 2. The molecule has 4 aliphatic rings. The Hall–Kier alpha value is -7.19. The smallest absolute Gasteiger partial charge is 0.407 e. The molecule has 4 fully saturated rings. The third kappa shape index (κ3) is 11.0. The molecule has 81 heavy (non-hydrogen) atoms. The number of aliphatic hydroxyl groups excluding tert-OH is 1. The number of halogens is 6. The van der Waals surface area contributed by atoms with Crippen LogP contribution in [-0.4, -0.2) is 151 Å². The minimum absolute atomic E-state index is 0.0150. The number of piperazine rings is 1. The molecule has 4 aromatic carbocycles. The Balaban J connectivity index is 0.996. The average Bonchev–Trinajstić information content (AvgIpc) is 4.41. The number of para-hydroxylation sites is 1. The second kappa shape index (κ2) is 23.7. The van der Waals surface area contributed by atoms with Crippen molar-refractivity contribution in [2.24, 2.45) is 0 Å². The minimum atomic E-state index is -1.46. The zero-order chi connectivity index (χ0) is 57.6. The third-order valence-corrected chi connectivity index (χ3v) is 16.4. The maximum Gasteiger partial charge on any atom is 0.407 e. The lowest BCUT2D eigenvalue weighted by Gasteiger charge is -2.38. The Morgan fingerprint density at radius 1 is 0.593 bits per heavy atom. The van der Waals surface area contributed by atoms with E-state index in [1.54, 1.807) is 34.6 Å². The van der Waals surface area contributed by atoms with Crippen LogP contribution in [-0.2, 0) is 28.5 Å². The second-order valence-corrected chi connectivity index (χ2v) is 21.0. The lowest BCUT2D eigenvalue weighted by molar-refractivity contribution is -0.148. The summed E-state index contributed by atoms with van der Waals surface area (Å²) in [4.78, 5) is 64.3. The lowest BCUT2D eigenvalue weighted by atomic mass is 10.0. The molecular formula is C56H65F6N11O8. The molecule has 0 saturated carbocycles. The van der Waals surface area contributed by atoms with Crippen LogP contribution in [0.1, 0.15) is 99.3 Å². The summed E-state index contributed by atoms with van der Waals surface area (Å²) >= 11 is 0. The van der Waals surface area contributed by atoms with Crippen LogP contribution in [0.15, 0.2) is 54.6 Å². The Kier molecular flexibility index (Phi) is 16.7. The Morgan fingerprint density at radius 2 is 1.05 bits per heavy atom. The number of nitrogens with one attached hydrogen (secondary N) is 4. The van der Waals surface area contributed by atoms with Gasteiger partial charge in [-0.2, -0.15) is 0 Å². The number of hydrogen-bond acceptors (Lipinski definition) is 14. The molecule has 0 radical (unpaired) electrons. The van der Waals surface area contributed by atoms with Crippen molar-refractivity contribution in [3.05, 3.63) is 112 Å². The Morgan fingerprint density at radius 3 is 1.51 bits per heavy atom. The zero-order valence-electron chi connectivity index (χ0n) is 45.6. The van der Waals surface area contributed by atoms with Crippen molar-refractivity contribution in [3.63, 3.8) is 0 Å². The molecule has 4 aliphatic heterocycles. The number of H-pyrrole nitrogens is 2.